The average molecular weight is 263 g/mol. The Labute approximate surface area is 110 Å². The van der Waals surface area contributed by atoms with Gasteiger partial charge in [0.15, 0.2) is 0 Å². The number of phenolic OH excluding ortho intramolecular Hbond substituents is 1. The van der Waals surface area contributed by atoms with Crippen molar-refractivity contribution in [3.8, 4) is 5.75 Å². The molecule has 86 valence electrons. The fraction of sp³-hybridized carbons (Fsp3) is 0. The molecular formula is C14H11ClOS. The molecule has 2 aromatic carbocycles. The first-order chi connectivity index (χ1) is 8.25. The summed E-state index contributed by atoms with van der Waals surface area (Å²) in [4.78, 5) is 0.793. The zero-order valence-corrected chi connectivity index (χ0v) is 10.6. The van der Waals surface area contributed by atoms with Gasteiger partial charge in [-0.2, -0.15) is 0 Å². The van der Waals surface area contributed by atoms with E-state index in [4.69, 9.17) is 11.6 Å². The second-order valence-corrected chi connectivity index (χ2v) is 4.83. The molecule has 17 heavy (non-hydrogen) atoms. The van der Waals surface area contributed by atoms with Crippen molar-refractivity contribution in [2.24, 2.45) is 0 Å². The third kappa shape index (κ3) is 3.55. The molecule has 0 aromatic heterocycles. The van der Waals surface area contributed by atoms with E-state index in [1.54, 1.807) is 18.2 Å². The number of halogens is 1. The molecule has 0 spiro atoms. The molecule has 1 N–H and O–H groups in total. The van der Waals surface area contributed by atoms with Gasteiger partial charge in [0.2, 0.25) is 0 Å². The number of rotatable bonds is 3. The van der Waals surface area contributed by atoms with Gasteiger partial charge in [-0.1, -0.05) is 53.7 Å². The summed E-state index contributed by atoms with van der Waals surface area (Å²) in [5.74, 6) is 0.209. The molecule has 0 saturated carbocycles. The highest BCUT2D eigenvalue weighted by atomic mass is 35.5. The monoisotopic (exact) mass is 262 g/mol. The second-order valence-electron chi connectivity index (χ2n) is 3.44. The zero-order chi connectivity index (χ0) is 12.1. The van der Waals surface area contributed by atoms with Gasteiger partial charge in [-0.25, -0.2) is 0 Å². The predicted octanol–water partition coefficient (Wildman–Crippen LogP) is 4.81. The van der Waals surface area contributed by atoms with Gasteiger partial charge < -0.3 is 5.11 Å². The van der Waals surface area contributed by atoms with Gasteiger partial charge in [0.25, 0.3) is 0 Å². The van der Waals surface area contributed by atoms with Crippen molar-refractivity contribution in [1.29, 1.82) is 0 Å². The van der Waals surface area contributed by atoms with Crippen LogP contribution in [-0.2, 0) is 0 Å². The van der Waals surface area contributed by atoms with Crippen LogP contribution in [0.5, 0.6) is 5.75 Å². The maximum atomic E-state index is 9.65. The number of thioether (sulfide) groups is 1. The SMILES string of the molecule is Oc1cc(Cl)ccc1S/C=C/c1ccccc1. The Balaban J connectivity index is 2.05. The van der Waals surface area contributed by atoms with E-state index in [-0.39, 0.29) is 5.75 Å². The molecule has 2 aromatic rings. The van der Waals surface area contributed by atoms with E-state index in [0.29, 0.717) is 5.02 Å². The van der Waals surface area contributed by atoms with E-state index >= 15 is 0 Å². The van der Waals surface area contributed by atoms with Crippen LogP contribution in [0.15, 0.2) is 58.8 Å². The molecule has 0 amide bonds. The molecular weight excluding hydrogens is 252 g/mol. The zero-order valence-electron chi connectivity index (χ0n) is 9.01. The Morgan fingerprint density at radius 1 is 1.06 bits per heavy atom. The van der Waals surface area contributed by atoms with E-state index in [0.717, 1.165) is 10.5 Å². The Kier molecular flexibility index (Phi) is 4.13. The van der Waals surface area contributed by atoms with Crippen molar-refractivity contribution in [3.05, 3.63) is 64.5 Å². The molecule has 0 heterocycles. The van der Waals surface area contributed by atoms with Crippen LogP contribution in [0, 0.1) is 0 Å². The van der Waals surface area contributed by atoms with Crippen LogP contribution in [-0.4, -0.2) is 5.11 Å². The summed E-state index contributed by atoms with van der Waals surface area (Å²) >= 11 is 7.22. The maximum Gasteiger partial charge on any atom is 0.130 e. The molecule has 0 fully saturated rings. The fourth-order valence-corrected chi connectivity index (χ4v) is 2.20. The lowest BCUT2D eigenvalue weighted by Gasteiger charge is -2.00. The highest BCUT2D eigenvalue weighted by molar-refractivity contribution is 8.02. The van der Waals surface area contributed by atoms with Crippen molar-refractivity contribution in [3.63, 3.8) is 0 Å². The van der Waals surface area contributed by atoms with Crippen molar-refractivity contribution in [2.75, 3.05) is 0 Å². The lowest BCUT2D eigenvalue weighted by atomic mass is 10.2. The standard InChI is InChI=1S/C14H11ClOS/c15-12-6-7-14(13(16)10-12)17-9-8-11-4-2-1-3-5-11/h1-10,16H/b9-8+. The molecule has 0 saturated heterocycles. The smallest absolute Gasteiger partial charge is 0.130 e. The van der Waals surface area contributed by atoms with Gasteiger partial charge in [-0.15, -0.1) is 0 Å². The van der Waals surface area contributed by atoms with E-state index in [9.17, 15) is 5.11 Å². The number of phenols is 1. The normalized spacial score (nSPS) is 10.9. The van der Waals surface area contributed by atoms with E-state index in [2.05, 4.69) is 0 Å². The molecule has 1 nitrogen and oxygen atoms in total. The van der Waals surface area contributed by atoms with Crippen LogP contribution in [0.1, 0.15) is 5.56 Å². The summed E-state index contributed by atoms with van der Waals surface area (Å²) in [6, 6.07) is 15.1. The molecule has 0 aliphatic heterocycles. The van der Waals surface area contributed by atoms with E-state index in [1.165, 1.54) is 11.8 Å². The Bertz CT molecular complexity index is 523. The van der Waals surface area contributed by atoms with E-state index < -0.39 is 0 Å². The Morgan fingerprint density at radius 3 is 2.53 bits per heavy atom. The molecule has 0 radical (unpaired) electrons. The molecule has 0 bridgehead atoms. The Hall–Kier alpha value is -1.38. The van der Waals surface area contributed by atoms with Crippen LogP contribution in [0.3, 0.4) is 0 Å². The van der Waals surface area contributed by atoms with Crippen molar-refractivity contribution < 1.29 is 5.11 Å². The number of hydrogen-bond acceptors (Lipinski definition) is 2. The maximum absolute atomic E-state index is 9.65. The van der Waals surface area contributed by atoms with Crippen LogP contribution in [0.4, 0.5) is 0 Å². The summed E-state index contributed by atoms with van der Waals surface area (Å²) in [7, 11) is 0. The van der Waals surface area contributed by atoms with Crippen molar-refractivity contribution in [1.82, 2.24) is 0 Å². The Morgan fingerprint density at radius 2 is 1.82 bits per heavy atom. The first kappa shape index (κ1) is 12.1. The van der Waals surface area contributed by atoms with Crippen LogP contribution < -0.4 is 0 Å². The minimum Gasteiger partial charge on any atom is -0.507 e. The largest absolute Gasteiger partial charge is 0.507 e. The van der Waals surface area contributed by atoms with Crippen molar-refractivity contribution in [2.45, 2.75) is 4.90 Å². The number of aromatic hydroxyl groups is 1. The van der Waals surface area contributed by atoms with Gasteiger partial charge in [-0.3, -0.25) is 0 Å². The summed E-state index contributed by atoms with van der Waals surface area (Å²) < 4.78 is 0. The van der Waals surface area contributed by atoms with Crippen molar-refractivity contribution >= 4 is 29.4 Å². The molecule has 2 rings (SSSR count). The summed E-state index contributed by atoms with van der Waals surface area (Å²) in [6.07, 6.45) is 2.00. The number of hydrogen-bond donors (Lipinski definition) is 1. The molecule has 0 aliphatic carbocycles. The molecule has 0 atom stereocenters. The fourth-order valence-electron chi connectivity index (χ4n) is 1.34. The summed E-state index contributed by atoms with van der Waals surface area (Å²) in [6.45, 7) is 0. The molecule has 0 unspecified atom stereocenters. The second kappa shape index (κ2) is 5.80. The molecule has 3 heteroatoms. The first-order valence-electron chi connectivity index (χ1n) is 5.12. The van der Waals surface area contributed by atoms with Gasteiger partial charge in [0.1, 0.15) is 5.75 Å². The predicted molar refractivity (Wildman–Crippen MR) is 74.4 cm³/mol. The highest BCUT2D eigenvalue weighted by Crippen LogP contribution is 2.31. The average Bonchev–Trinajstić information content (AvgIpc) is 2.33. The van der Waals surface area contributed by atoms with Crippen LogP contribution >= 0.6 is 23.4 Å². The lowest BCUT2D eigenvalue weighted by Crippen LogP contribution is -1.72. The lowest BCUT2D eigenvalue weighted by molar-refractivity contribution is 0.462. The first-order valence-corrected chi connectivity index (χ1v) is 6.38. The molecule has 0 aliphatic rings. The van der Waals surface area contributed by atoms with Crippen LogP contribution in [0.25, 0.3) is 6.08 Å². The van der Waals surface area contributed by atoms with Gasteiger partial charge in [-0.05, 0) is 35.2 Å². The third-order valence-corrected chi connectivity index (χ3v) is 3.28. The van der Waals surface area contributed by atoms with Gasteiger partial charge >= 0.3 is 0 Å². The quantitative estimate of drug-likeness (QED) is 0.801. The minimum atomic E-state index is 0.209. The third-order valence-electron chi connectivity index (χ3n) is 2.18. The number of benzene rings is 2. The highest BCUT2D eigenvalue weighted by Gasteiger charge is 2.00. The van der Waals surface area contributed by atoms with Gasteiger partial charge in [0.05, 0.1) is 4.90 Å². The van der Waals surface area contributed by atoms with Gasteiger partial charge in [0, 0.05) is 5.02 Å². The van der Waals surface area contributed by atoms with E-state index in [1.807, 2.05) is 41.8 Å². The minimum absolute atomic E-state index is 0.209. The van der Waals surface area contributed by atoms with Crippen LogP contribution in [0.2, 0.25) is 5.02 Å². The summed E-state index contributed by atoms with van der Waals surface area (Å²) in [5, 5.41) is 12.1. The topological polar surface area (TPSA) is 20.2 Å². The summed E-state index contributed by atoms with van der Waals surface area (Å²) in [5.41, 5.74) is 1.13.